The SMILES string of the molecule is O=C(Nc1nccs1)c1ccc(C(S)c2nnc3c(n2)[nH]c2ccccc23)cc1. The van der Waals surface area contributed by atoms with Gasteiger partial charge in [0.2, 0.25) is 0 Å². The lowest BCUT2D eigenvalue weighted by atomic mass is 10.1. The Bertz CT molecular complexity index is 1310. The molecule has 0 aliphatic heterocycles. The lowest BCUT2D eigenvalue weighted by molar-refractivity contribution is 0.102. The Hall–Kier alpha value is -3.30. The third-order valence-corrected chi connectivity index (χ3v) is 5.74. The third-order valence-electron chi connectivity index (χ3n) is 4.52. The standard InChI is InChI=1S/C20H14N6OS2/c27-19(24-20-21-9-10-29-20)12-7-5-11(6-8-12)16(28)18-23-17-15(25-26-18)13-3-1-2-4-14(13)22-17/h1-10,16,28H,(H,21,24,27)(H,22,23,26). The van der Waals surface area contributed by atoms with E-state index in [9.17, 15) is 4.79 Å². The molecule has 0 radical (unpaired) electrons. The van der Waals surface area contributed by atoms with E-state index in [0.29, 0.717) is 22.2 Å². The van der Waals surface area contributed by atoms with Crippen LogP contribution in [0.2, 0.25) is 0 Å². The lowest BCUT2D eigenvalue weighted by Crippen LogP contribution is -2.11. The van der Waals surface area contributed by atoms with Crippen molar-refractivity contribution in [3.05, 3.63) is 77.1 Å². The fourth-order valence-electron chi connectivity index (χ4n) is 3.07. The van der Waals surface area contributed by atoms with Crippen molar-refractivity contribution in [3.63, 3.8) is 0 Å². The number of thiazole rings is 1. The maximum atomic E-state index is 12.3. The van der Waals surface area contributed by atoms with Crippen molar-refractivity contribution < 1.29 is 4.79 Å². The number of H-pyrrole nitrogens is 1. The van der Waals surface area contributed by atoms with E-state index < -0.39 is 0 Å². The number of nitrogens with zero attached hydrogens (tertiary/aromatic N) is 4. The van der Waals surface area contributed by atoms with Crippen LogP contribution in [0.5, 0.6) is 0 Å². The van der Waals surface area contributed by atoms with Gasteiger partial charge >= 0.3 is 0 Å². The Kier molecular flexibility index (Phi) is 4.45. The third kappa shape index (κ3) is 3.34. The second kappa shape index (κ2) is 7.26. The average molecular weight is 419 g/mol. The molecule has 0 aliphatic rings. The first kappa shape index (κ1) is 17.8. The molecule has 0 saturated heterocycles. The van der Waals surface area contributed by atoms with Gasteiger partial charge in [-0.05, 0) is 23.8 Å². The Morgan fingerprint density at radius 1 is 1.10 bits per heavy atom. The molecule has 142 valence electrons. The number of benzene rings is 2. The molecule has 2 N–H and O–H groups in total. The van der Waals surface area contributed by atoms with Crippen LogP contribution in [0, 0.1) is 0 Å². The highest BCUT2D eigenvalue weighted by molar-refractivity contribution is 7.80. The van der Waals surface area contributed by atoms with Gasteiger partial charge < -0.3 is 4.98 Å². The minimum atomic E-state index is -0.366. The van der Waals surface area contributed by atoms with Crippen LogP contribution in [0.1, 0.15) is 27.0 Å². The van der Waals surface area contributed by atoms with Gasteiger partial charge in [-0.1, -0.05) is 30.3 Å². The zero-order chi connectivity index (χ0) is 19.8. The number of anilines is 1. The molecule has 9 heteroatoms. The van der Waals surface area contributed by atoms with Crippen LogP contribution < -0.4 is 5.32 Å². The molecule has 29 heavy (non-hydrogen) atoms. The zero-order valence-corrected chi connectivity index (χ0v) is 16.6. The van der Waals surface area contributed by atoms with Crippen molar-refractivity contribution in [1.29, 1.82) is 0 Å². The van der Waals surface area contributed by atoms with Crippen molar-refractivity contribution in [2.45, 2.75) is 5.25 Å². The van der Waals surface area contributed by atoms with Crippen molar-refractivity contribution in [1.82, 2.24) is 25.1 Å². The smallest absolute Gasteiger partial charge is 0.257 e. The summed E-state index contributed by atoms with van der Waals surface area (Å²) >= 11 is 6.04. The number of carbonyl (C=O) groups is 1. The molecule has 3 aromatic heterocycles. The first-order valence-corrected chi connectivity index (χ1v) is 10.2. The van der Waals surface area contributed by atoms with Crippen molar-refractivity contribution in [2.24, 2.45) is 0 Å². The quantitative estimate of drug-likeness (QED) is 0.380. The second-order valence-corrected chi connectivity index (χ2v) is 7.76. The topological polar surface area (TPSA) is 96.5 Å². The van der Waals surface area contributed by atoms with Crippen molar-refractivity contribution in [2.75, 3.05) is 5.32 Å². The number of amides is 1. The van der Waals surface area contributed by atoms with E-state index in [1.807, 2.05) is 41.8 Å². The van der Waals surface area contributed by atoms with Gasteiger partial charge in [-0.25, -0.2) is 9.97 Å². The van der Waals surface area contributed by atoms with E-state index in [1.165, 1.54) is 11.3 Å². The number of thiol groups is 1. The fraction of sp³-hybridized carbons (Fsp3) is 0.0500. The highest BCUT2D eigenvalue weighted by atomic mass is 32.1. The molecule has 0 spiro atoms. The summed E-state index contributed by atoms with van der Waals surface area (Å²) in [4.78, 5) is 24.2. The van der Waals surface area contributed by atoms with Gasteiger partial charge in [-0.3, -0.25) is 10.1 Å². The number of hydrogen-bond donors (Lipinski definition) is 3. The summed E-state index contributed by atoms with van der Waals surface area (Å²) in [7, 11) is 0. The fourth-order valence-corrected chi connectivity index (χ4v) is 3.87. The van der Waals surface area contributed by atoms with Gasteiger partial charge in [0.1, 0.15) is 5.52 Å². The predicted molar refractivity (Wildman–Crippen MR) is 117 cm³/mol. The average Bonchev–Trinajstić information content (AvgIpc) is 3.40. The van der Waals surface area contributed by atoms with Gasteiger partial charge in [-0.2, -0.15) is 12.6 Å². The minimum absolute atomic E-state index is 0.209. The summed E-state index contributed by atoms with van der Waals surface area (Å²) in [6.45, 7) is 0. The summed E-state index contributed by atoms with van der Waals surface area (Å²) in [5.41, 5.74) is 3.78. The van der Waals surface area contributed by atoms with Crippen LogP contribution in [0.25, 0.3) is 22.1 Å². The molecule has 0 bridgehead atoms. The number of nitrogens with one attached hydrogen (secondary N) is 2. The normalized spacial score (nSPS) is 12.3. The summed E-state index contributed by atoms with van der Waals surface area (Å²) in [6, 6.07) is 15.1. The van der Waals surface area contributed by atoms with Crippen LogP contribution in [0.15, 0.2) is 60.1 Å². The largest absolute Gasteiger partial charge is 0.338 e. The molecular weight excluding hydrogens is 404 g/mol. The van der Waals surface area contributed by atoms with Crippen LogP contribution in [-0.2, 0) is 0 Å². The highest BCUT2D eigenvalue weighted by Gasteiger charge is 2.17. The number of para-hydroxylation sites is 1. The van der Waals surface area contributed by atoms with E-state index in [1.54, 1.807) is 18.3 Å². The number of carbonyl (C=O) groups excluding carboxylic acids is 1. The summed E-state index contributed by atoms with van der Waals surface area (Å²) < 4.78 is 0. The molecule has 7 nitrogen and oxygen atoms in total. The molecule has 5 rings (SSSR count). The Balaban J connectivity index is 1.40. The summed E-state index contributed by atoms with van der Waals surface area (Å²) in [6.07, 6.45) is 1.65. The van der Waals surface area contributed by atoms with Crippen LogP contribution in [0.3, 0.4) is 0 Å². The van der Waals surface area contributed by atoms with E-state index in [2.05, 4.69) is 43.1 Å². The molecule has 3 heterocycles. The Labute approximate surface area is 174 Å². The maximum Gasteiger partial charge on any atom is 0.257 e. The van der Waals surface area contributed by atoms with Crippen molar-refractivity contribution >= 4 is 57.1 Å². The molecule has 2 aromatic carbocycles. The molecule has 5 aromatic rings. The number of rotatable bonds is 4. The Morgan fingerprint density at radius 2 is 1.93 bits per heavy atom. The van der Waals surface area contributed by atoms with E-state index in [-0.39, 0.29) is 11.2 Å². The van der Waals surface area contributed by atoms with Gasteiger partial charge in [0, 0.05) is 28.0 Å². The van der Waals surface area contributed by atoms with Gasteiger partial charge in [0.15, 0.2) is 16.6 Å². The Morgan fingerprint density at radius 3 is 2.72 bits per heavy atom. The molecule has 1 unspecified atom stereocenters. The van der Waals surface area contributed by atoms with Crippen molar-refractivity contribution in [3.8, 4) is 0 Å². The predicted octanol–water partition coefficient (Wildman–Crippen LogP) is 4.23. The minimum Gasteiger partial charge on any atom is -0.338 e. The number of aromatic amines is 1. The number of hydrogen-bond acceptors (Lipinski definition) is 7. The summed E-state index contributed by atoms with van der Waals surface area (Å²) in [5, 5.41) is 14.4. The van der Waals surface area contributed by atoms with Gasteiger partial charge in [-0.15, -0.1) is 21.5 Å². The van der Waals surface area contributed by atoms with Gasteiger partial charge in [0.25, 0.3) is 5.91 Å². The molecule has 1 amide bonds. The van der Waals surface area contributed by atoms with E-state index >= 15 is 0 Å². The second-order valence-electron chi connectivity index (χ2n) is 6.35. The van der Waals surface area contributed by atoms with Crippen LogP contribution in [-0.4, -0.2) is 31.1 Å². The van der Waals surface area contributed by atoms with Gasteiger partial charge in [0.05, 0.1) is 5.25 Å². The molecular formula is C20H14N6OS2. The number of aromatic nitrogens is 5. The first-order valence-electron chi connectivity index (χ1n) is 8.79. The summed E-state index contributed by atoms with van der Waals surface area (Å²) in [5.74, 6) is 0.284. The lowest BCUT2D eigenvalue weighted by Gasteiger charge is -2.10. The van der Waals surface area contributed by atoms with Crippen LogP contribution in [0.4, 0.5) is 5.13 Å². The molecule has 0 aliphatic carbocycles. The molecule has 0 fully saturated rings. The van der Waals surface area contributed by atoms with Crippen LogP contribution >= 0.6 is 24.0 Å². The zero-order valence-electron chi connectivity index (χ0n) is 14.9. The maximum absolute atomic E-state index is 12.3. The van der Waals surface area contributed by atoms with E-state index in [4.69, 9.17) is 0 Å². The van der Waals surface area contributed by atoms with E-state index in [0.717, 1.165) is 22.0 Å². The molecule has 1 atom stereocenters. The number of fused-ring (bicyclic) bond motifs is 3. The first-order chi connectivity index (χ1) is 14.2. The molecule has 0 saturated carbocycles. The monoisotopic (exact) mass is 418 g/mol. The highest BCUT2D eigenvalue weighted by Crippen LogP contribution is 2.28.